The Hall–Kier alpha value is -2.64. The molecule has 2 unspecified atom stereocenters. The van der Waals surface area contributed by atoms with E-state index in [0.717, 1.165) is 36.0 Å². The van der Waals surface area contributed by atoms with Crippen LogP contribution in [-0.2, 0) is 17.7 Å². The fraction of sp³-hybridized carbons (Fsp3) is 0.636. The van der Waals surface area contributed by atoms with E-state index in [4.69, 9.17) is 14.2 Å². The Balaban J connectivity index is 1.36. The van der Waals surface area contributed by atoms with Gasteiger partial charge in [-0.05, 0) is 39.8 Å². The number of hydrogen-bond acceptors (Lipinski definition) is 7. The van der Waals surface area contributed by atoms with Gasteiger partial charge in [-0.25, -0.2) is 4.79 Å². The van der Waals surface area contributed by atoms with Gasteiger partial charge in [-0.1, -0.05) is 0 Å². The highest BCUT2D eigenvalue weighted by molar-refractivity contribution is 5.82. The van der Waals surface area contributed by atoms with Crippen molar-refractivity contribution < 1.29 is 19.0 Å². The van der Waals surface area contributed by atoms with Gasteiger partial charge in [0.25, 0.3) is 0 Å². The zero-order chi connectivity index (χ0) is 21.5. The van der Waals surface area contributed by atoms with Crippen molar-refractivity contribution in [2.45, 2.75) is 58.4 Å². The highest BCUT2D eigenvalue weighted by Crippen LogP contribution is 2.35. The first kappa shape index (κ1) is 20.6. The van der Waals surface area contributed by atoms with Crippen LogP contribution in [0.5, 0.6) is 11.5 Å². The Morgan fingerprint density at radius 2 is 2.13 bits per heavy atom. The number of amides is 1. The third-order valence-corrected chi connectivity index (χ3v) is 5.59. The van der Waals surface area contributed by atoms with Crippen LogP contribution in [0.2, 0.25) is 0 Å². The van der Waals surface area contributed by atoms with Crippen molar-refractivity contribution in [2.75, 3.05) is 33.3 Å². The summed E-state index contributed by atoms with van der Waals surface area (Å²) in [6, 6.07) is 4.33. The fourth-order valence-electron chi connectivity index (χ4n) is 4.21. The first-order valence-electron chi connectivity index (χ1n) is 10.6. The molecule has 4 rings (SSSR count). The normalized spacial score (nSPS) is 22.8. The molecular weight excluding hydrogens is 384 g/mol. The van der Waals surface area contributed by atoms with Crippen LogP contribution in [0.3, 0.4) is 0 Å². The topological polar surface area (TPSA) is 75.6 Å². The van der Waals surface area contributed by atoms with Crippen LogP contribution in [0.4, 0.5) is 4.79 Å². The predicted octanol–water partition coefficient (Wildman–Crippen LogP) is 2.40. The minimum Gasteiger partial charge on any atom is -0.496 e. The third kappa shape index (κ3) is 4.27. The molecule has 3 aliphatic rings. The van der Waals surface area contributed by atoms with Gasteiger partial charge in [-0.15, -0.1) is 0 Å². The maximum atomic E-state index is 12.4. The smallest absolute Gasteiger partial charge is 0.410 e. The number of aliphatic imine (C=N–C) groups is 1. The molecule has 30 heavy (non-hydrogen) atoms. The van der Waals surface area contributed by atoms with E-state index in [-0.39, 0.29) is 18.2 Å². The molecule has 1 fully saturated rings. The summed E-state index contributed by atoms with van der Waals surface area (Å²) in [5.41, 5.74) is 1.76. The molecule has 0 spiro atoms. The van der Waals surface area contributed by atoms with Crippen LogP contribution < -0.4 is 14.8 Å². The van der Waals surface area contributed by atoms with Crippen molar-refractivity contribution in [3.8, 4) is 11.5 Å². The molecule has 3 heterocycles. The van der Waals surface area contributed by atoms with Gasteiger partial charge in [0.1, 0.15) is 23.2 Å². The number of rotatable bonds is 3. The van der Waals surface area contributed by atoms with Gasteiger partial charge < -0.3 is 29.3 Å². The minimum atomic E-state index is -0.483. The summed E-state index contributed by atoms with van der Waals surface area (Å²) >= 11 is 0. The number of fused-ring (bicyclic) bond motifs is 2. The molecular formula is C22H32N4O4. The van der Waals surface area contributed by atoms with Crippen molar-refractivity contribution in [2.24, 2.45) is 4.99 Å². The van der Waals surface area contributed by atoms with Gasteiger partial charge in [0, 0.05) is 43.7 Å². The maximum absolute atomic E-state index is 12.4. The van der Waals surface area contributed by atoms with Crippen molar-refractivity contribution in [3.05, 3.63) is 23.3 Å². The average Bonchev–Trinajstić information content (AvgIpc) is 3.25. The van der Waals surface area contributed by atoms with Crippen LogP contribution in [0.15, 0.2) is 17.1 Å². The number of nitrogens with one attached hydrogen (secondary N) is 1. The van der Waals surface area contributed by atoms with Crippen LogP contribution in [-0.4, -0.2) is 72.9 Å². The second kappa shape index (κ2) is 7.89. The van der Waals surface area contributed by atoms with Crippen LogP contribution in [0.25, 0.3) is 0 Å². The average molecular weight is 417 g/mol. The number of carbonyl (C=O) groups is 1. The number of methoxy groups -OCH3 is 1. The lowest BCUT2D eigenvalue weighted by Gasteiger charge is -2.39. The van der Waals surface area contributed by atoms with E-state index >= 15 is 0 Å². The molecule has 0 bridgehead atoms. The molecule has 3 aliphatic heterocycles. The molecule has 8 heteroatoms. The van der Waals surface area contributed by atoms with Crippen molar-refractivity contribution in [3.63, 3.8) is 0 Å². The van der Waals surface area contributed by atoms with Gasteiger partial charge in [-0.3, -0.25) is 4.99 Å². The van der Waals surface area contributed by atoms with E-state index < -0.39 is 5.60 Å². The summed E-state index contributed by atoms with van der Waals surface area (Å²) in [5, 5.41) is 3.46. The molecule has 1 saturated heterocycles. The Bertz CT molecular complexity index is 848. The zero-order valence-electron chi connectivity index (χ0n) is 18.5. The molecule has 0 radical (unpaired) electrons. The maximum Gasteiger partial charge on any atom is 0.410 e. The summed E-state index contributed by atoms with van der Waals surface area (Å²) in [7, 11) is 1.70. The minimum absolute atomic E-state index is 0.180. The molecule has 0 aromatic heterocycles. The molecule has 1 aromatic carbocycles. The molecule has 1 N–H and O–H groups in total. The van der Waals surface area contributed by atoms with Gasteiger partial charge in [-0.2, -0.15) is 0 Å². The first-order chi connectivity index (χ1) is 14.2. The quantitative estimate of drug-likeness (QED) is 0.816. The Kier molecular flexibility index (Phi) is 5.42. The number of guanidine groups is 1. The molecule has 0 saturated carbocycles. The van der Waals surface area contributed by atoms with E-state index in [2.05, 4.69) is 34.3 Å². The molecule has 1 amide bonds. The van der Waals surface area contributed by atoms with E-state index in [1.54, 1.807) is 12.0 Å². The second-order valence-electron chi connectivity index (χ2n) is 9.20. The Labute approximate surface area is 178 Å². The summed E-state index contributed by atoms with van der Waals surface area (Å²) in [4.78, 5) is 21.1. The van der Waals surface area contributed by atoms with Gasteiger partial charge in [0.05, 0.1) is 19.7 Å². The van der Waals surface area contributed by atoms with Crippen LogP contribution >= 0.6 is 0 Å². The Morgan fingerprint density at radius 1 is 1.33 bits per heavy atom. The lowest BCUT2D eigenvalue weighted by molar-refractivity contribution is 0.0137. The van der Waals surface area contributed by atoms with Crippen molar-refractivity contribution in [1.82, 2.24) is 15.1 Å². The van der Waals surface area contributed by atoms with Crippen molar-refractivity contribution >= 4 is 12.1 Å². The molecule has 0 aliphatic carbocycles. The standard InChI is InChI=1S/C22H32N4O4/c1-14-8-15-9-18(28-5)16(10-19(15)29-14)11-23-20-24-12-17-13-25(6-7-26(17)20)21(27)30-22(2,3)4/h9-10,14,17H,6-8,11-13H2,1-5H3,(H,23,24). The predicted molar refractivity (Wildman–Crippen MR) is 114 cm³/mol. The number of benzene rings is 1. The number of piperazine rings is 1. The SMILES string of the molecule is COc1cc2c(cc1CNC1=NCC3CN(C(=O)OC(C)(C)C)CCN13)OC(C)C2. The van der Waals surface area contributed by atoms with E-state index in [0.29, 0.717) is 26.2 Å². The fourth-order valence-corrected chi connectivity index (χ4v) is 4.21. The highest BCUT2D eigenvalue weighted by atomic mass is 16.6. The summed E-state index contributed by atoms with van der Waals surface area (Å²) in [6.07, 6.45) is 0.866. The Morgan fingerprint density at radius 3 is 2.87 bits per heavy atom. The van der Waals surface area contributed by atoms with E-state index in [9.17, 15) is 4.79 Å². The summed E-state index contributed by atoms with van der Waals surface area (Å²) < 4.78 is 17.0. The monoisotopic (exact) mass is 416 g/mol. The lowest BCUT2D eigenvalue weighted by Crippen LogP contribution is -2.57. The number of carbonyl (C=O) groups excluding carboxylic acids is 1. The molecule has 164 valence electrons. The van der Waals surface area contributed by atoms with E-state index in [1.807, 2.05) is 20.8 Å². The zero-order valence-corrected chi connectivity index (χ0v) is 18.5. The van der Waals surface area contributed by atoms with Gasteiger partial charge in [0.15, 0.2) is 5.96 Å². The van der Waals surface area contributed by atoms with E-state index in [1.165, 1.54) is 5.56 Å². The summed E-state index contributed by atoms with van der Waals surface area (Å²) in [6.45, 7) is 11.0. The molecule has 2 atom stereocenters. The van der Waals surface area contributed by atoms with Gasteiger partial charge >= 0.3 is 6.09 Å². The molecule has 1 aromatic rings. The molecule has 8 nitrogen and oxygen atoms in total. The summed E-state index contributed by atoms with van der Waals surface area (Å²) in [5.74, 6) is 2.68. The van der Waals surface area contributed by atoms with Crippen molar-refractivity contribution in [1.29, 1.82) is 0 Å². The second-order valence-corrected chi connectivity index (χ2v) is 9.20. The largest absolute Gasteiger partial charge is 0.496 e. The number of ether oxygens (including phenoxy) is 3. The first-order valence-corrected chi connectivity index (χ1v) is 10.6. The number of hydrogen-bond donors (Lipinski definition) is 1. The lowest BCUT2D eigenvalue weighted by atomic mass is 10.1. The van der Waals surface area contributed by atoms with Gasteiger partial charge in [0.2, 0.25) is 0 Å². The van der Waals surface area contributed by atoms with Crippen LogP contribution in [0, 0.1) is 0 Å². The van der Waals surface area contributed by atoms with Crippen LogP contribution in [0.1, 0.15) is 38.8 Å². The number of nitrogens with zero attached hydrogens (tertiary/aromatic N) is 3. The third-order valence-electron chi connectivity index (χ3n) is 5.59. The highest BCUT2D eigenvalue weighted by Gasteiger charge is 2.36.